The zero-order valence-electron chi connectivity index (χ0n) is 8.82. The van der Waals surface area contributed by atoms with E-state index >= 15 is 0 Å². The van der Waals surface area contributed by atoms with Crippen LogP contribution in [0.3, 0.4) is 0 Å². The standard InChI is InChI=1S/C10H15N3S2/c1-2-6-14-10-9(12-15-13-10)8-4-3-5-11-7-8/h4,11H,2-3,5-7H2,1H3. The number of nitrogens with one attached hydrogen (secondary N) is 1. The lowest BCUT2D eigenvalue weighted by molar-refractivity contribution is 0.736. The topological polar surface area (TPSA) is 37.8 Å². The molecule has 0 saturated heterocycles. The monoisotopic (exact) mass is 241 g/mol. The maximum absolute atomic E-state index is 4.39. The summed E-state index contributed by atoms with van der Waals surface area (Å²) in [7, 11) is 0. The molecule has 0 atom stereocenters. The van der Waals surface area contributed by atoms with Gasteiger partial charge in [0.2, 0.25) is 0 Å². The van der Waals surface area contributed by atoms with Crippen molar-refractivity contribution in [1.29, 1.82) is 0 Å². The van der Waals surface area contributed by atoms with Gasteiger partial charge >= 0.3 is 0 Å². The Morgan fingerprint density at radius 2 is 2.47 bits per heavy atom. The largest absolute Gasteiger partial charge is 0.312 e. The first-order valence-corrected chi connectivity index (χ1v) is 6.99. The molecule has 82 valence electrons. The zero-order valence-corrected chi connectivity index (χ0v) is 10.5. The Hall–Kier alpha value is -0.390. The van der Waals surface area contributed by atoms with Crippen LogP contribution in [-0.4, -0.2) is 27.6 Å². The van der Waals surface area contributed by atoms with E-state index in [0.29, 0.717) is 0 Å². The van der Waals surface area contributed by atoms with E-state index in [4.69, 9.17) is 0 Å². The minimum Gasteiger partial charge on any atom is -0.312 e. The smallest absolute Gasteiger partial charge is 0.138 e. The molecule has 0 fully saturated rings. The van der Waals surface area contributed by atoms with Gasteiger partial charge in [0, 0.05) is 6.54 Å². The summed E-state index contributed by atoms with van der Waals surface area (Å²) in [5.41, 5.74) is 2.42. The van der Waals surface area contributed by atoms with E-state index < -0.39 is 0 Å². The summed E-state index contributed by atoms with van der Waals surface area (Å²) in [5, 5.41) is 4.47. The lowest BCUT2D eigenvalue weighted by Crippen LogP contribution is -2.21. The predicted molar refractivity (Wildman–Crippen MR) is 66.4 cm³/mol. The molecule has 1 aromatic heterocycles. The molecule has 0 aliphatic carbocycles. The molecule has 5 heteroatoms. The molecule has 1 aliphatic heterocycles. The second kappa shape index (κ2) is 5.63. The van der Waals surface area contributed by atoms with Gasteiger partial charge in [0.1, 0.15) is 10.7 Å². The van der Waals surface area contributed by atoms with Gasteiger partial charge in [0.25, 0.3) is 0 Å². The van der Waals surface area contributed by atoms with E-state index in [2.05, 4.69) is 27.1 Å². The highest BCUT2D eigenvalue weighted by Crippen LogP contribution is 2.27. The van der Waals surface area contributed by atoms with E-state index in [0.717, 1.165) is 36.0 Å². The van der Waals surface area contributed by atoms with Gasteiger partial charge < -0.3 is 5.32 Å². The molecule has 1 aliphatic rings. The van der Waals surface area contributed by atoms with Crippen molar-refractivity contribution in [3.63, 3.8) is 0 Å². The summed E-state index contributed by atoms with van der Waals surface area (Å²) in [5.74, 6) is 1.12. The molecular formula is C10H15N3S2. The molecule has 2 heterocycles. The maximum atomic E-state index is 4.39. The van der Waals surface area contributed by atoms with Crippen molar-refractivity contribution < 1.29 is 0 Å². The highest BCUT2D eigenvalue weighted by Gasteiger charge is 2.14. The fourth-order valence-electron chi connectivity index (χ4n) is 1.49. The SMILES string of the molecule is CCCSc1nsnc1C1=CCCNC1. The van der Waals surface area contributed by atoms with Crippen LogP contribution in [0.5, 0.6) is 0 Å². The quantitative estimate of drug-likeness (QED) is 0.822. The van der Waals surface area contributed by atoms with Crippen molar-refractivity contribution in [3.05, 3.63) is 11.8 Å². The number of hydrogen-bond acceptors (Lipinski definition) is 5. The highest BCUT2D eigenvalue weighted by atomic mass is 32.2. The molecule has 0 spiro atoms. The van der Waals surface area contributed by atoms with Crippen molar-refractivity contribution >= 4 is 29.1 Å². The van der Waals surface area contributed by atoms with E-state index in [1.165, 1.54) is 23.7 Å². The summed E-state index contributed by atoms with van der Waals surface area (Å²) in [6.45, 7) is 4.21. The summed E-state index contributed by atoms with van der Waals surface area (Å²) in [6.07, 6.45) is 4.56. The number of aromatic nitrogens is 2. The van der Waals surface area contributed by atoms with Crippen LogP contribution in [0.1, 0.15) is 25.5 Å². The fraction of sp³-hybridized carbons (Fsp3) is 0.600. The van der Waals surface area contributed by atoms with Gasteiger partial charge in [-0.05, 0) is 30.7 Å². The highest BCUT2D eigenvalue weighted by molar-refractivity contribution is 7.99. The first-order chi connectivity index (χ1) is 7.42. The van der Waals surface area contributed by atoms with Crippen LogP contribution in [0.25, 0.3) is 5.57 Å². The van der Waals surface area contributed by atoms with Gasteiger partial charge in [-0.3, -0.25) is 0 Å². The van der Waals surface area contributed by atoms with E-state index in [-0.39, 0.29) is 0 Å². The first kappa shape index (κ1) is 11.1. The minimum atomic E-state index is 0.936. The van der Waals surface area contributed by atoms with Crippen LogP contribution in [0, 0.1) is 0 Å². The van der Waals surface area contributed by atoms with Crippen LogP contribution >= 0.6 is 23.5 Å². The third-order valence-corrected chi connectivity index (χ3v) is 4.05. The molecule has 0 unspecified atom stereocenters. The maximum Gasteiger partial charge on any atom is 0.138 e. The lowest BCUT2D eigenvalue weighted by Gasteiger charge is -2.12. The molecule has 15 heavy (non-hydrogen) atoms. The number of rotatable bonds is 4. The van der Waals surface area contributed by atoms with Gasteiger partial charge in [-0.15, -0.1) is 11.8 Å². The third kappa shape index (κ3) is 2.80. The van der Waals surface area contributed by atoms with Gasteiger partial charge in [-0.25, -0.2) is 0 Å². The molecular weight excluding hydrogens is 226 g/mol. The third-order valence-electron chi connectivity index (χ3n) is 2.23. The Kier molecular flexibility index (Phi) is 4.17. The van der Waals surface area contributed by atoms with Crippen LogP contribution in [0.2, 0.25) is 0 Å². The van der Waals surface area contributed by atoms with Gasteiger partial charge in [-0.2, -0.15) is 8.75 Å². The normalized spacial score (nSPS) is 16.5. The molecule has 2 rings (SSSR count). The molecule has 0 aromatic carbocycles. The molecule has 1 N–H and O–H groups in total. The van der Waals surface area contributed by atoms with Crippen molar-refractivity contribution in [3.8, 4) is 0 Å². The summed E-state index contributed by atoms with van der Waals surface area (Å²) in [6, 6.07) is 0. The number of nitrogens with zero attached hydrogens (tertiary/aromatic N) is 2. The molecule has 3 nitrogen and oxygen atoms in total. The summed E-state index contributed by atoms with van der Waals surface area (Å²) >= 11 is 3.14. The van der Waals surface area contributed by atoms with Crippen LogP contribution in [0.15, 0.2) is 11.1 Å². The molecule has 0 radical (unpaired) electrons. The Labute approximate surface area is 98.7 Å². The number of hydrogen-bond donors (Lipinski definition) is 1. The van der Waals surface area contributed by atoms with Crippen molar-refractivity contribution in [2.45, 2.75) is 24.8 Å². The number of thioether (sulfide) groups is 1. The molecule has 1 aromatic rings. The average molecular weight is 241 g/mol. The zero-order chi connectivity index (χ0) is 10.5. The first-order valence-electron chi connectivity index (χ1n) is 5.27. The Morgan fingerprint density at radius 3 is 3.20 bits per heavy atom. The average Bonchev–Trinajstić information content (AvgIpc) is 2.75. The Bertz CT molecular complexity index is 346. The molecule has 0 bridgehead atoms. The van der Waals surface area contributed by atoms with E-state index in [9.17, 15) is 0 Å². The van der Waals surface area contributed by atoms with Gasteiger partial charge in [-0.1, -0.05) is 13.0 Å². The molecule has 0 saturated carbocycles. The predicted octanol–water partition coefficient (Wildman–Crippen LogP) is 2.42. The van der Waals surface area contributed by atoms with Crippen LogP contribution in [0.4, 0.5) is 0 Å². The second-order valence-electron chi connectivity index (χ2n) is 3.46. The van der Waals surface area contributed by atoms with Crippen molar-refractivity contribution in [2.24, 2.45) is 0 Å². The Balaban J connectivity index is 2.12. The van der Waals surface area contributed by atoms with Gasteiger partial charge in [0.15, 0.2) is 0 Å². The minimum absolute atomic E-state index is 0.936. The van der Waals surface area contributed by atoms with Crippen LogP contribution in [-0.2, 0) is 0 Å². The Morgan fingerprint density at radius 1 is 1.53 bits per heavy atom. The van der Waals surface area contributed by atoms with E-state index in [1.807, 2.05) is 11.8 Å². The van der Waals surface area contributed by atoms with Crippen LogP contribution < -0.4 is 5.32 Å². The summed E-state index contributed by atoms with van der Waals surface area (Å²) in [4.78, 5) is 0. The lowest BCUT2D eigenvalue weighted by atomic mass is 10.1. The second-order valence-corrected chi connectivity index (χ2v) is 5.07. The fourth-order valence-corrected chi connectivity index (χ4v) is 3.06. The van der Waals surface area contributed by atoms with Crippen molar-refractivity contribution in [2.75, 3.05) is 18.8 Å². The van der Waals surface area contributed by atoms with Gasteiger partial charge in [0.05, 0.1) is 11.7 Å². The van der Waals surface area contributed by atoms with E-state index in [1.54, 1.807) is 0 Å². The molecule has 0 amide bonds. The summed E-state index contributed by atoms with van der Waals surface area (Å²) < 4.78 is 8.75. The van der Waals surface area contributed by atoms with Crippen molar-refractivity contribution in [1.82, 2.24) is 14.1 Å².